The van der Waals surface area contributed by atoms with Crippen molar-refractivity contribution in [1.82, 2.24) is 4.98 Å². The first-order chi connectivity index (χ1) is 5.09. The molecule has 0 bridgehead atoms. The SMILES string of the molecule is Cc1cc([C@H](C)N)cc(Cl)n1. The number of hydrogen-bond acceptors (Lipinski definition) is 2. The smallest absolute Gasteiger partial charge is 0.129 e. The van der Waals surface area contributed by atoms with Crippen LogP contribution >= 0.6 is 11.6 Å². The Morgan fingerprint density at radius 1 is 1.55 bits per heavy atom. The minimum absolute atomic E-state index is 0.0224. The maximum Gasteiger partial charge on any atom is 0.129 e. The lowest BCUT2D eigenvalue weighted by Crippen LogP contribution is -2.05. The van der Waals surface area contributed by atoms with Crippen molar-refractivity contribution >= 4 is 11.6 Å². The van der Waals surface area contributed by atoms with Gasteiger partial charge in [-0.1, -0.05) is 11.6 Å². The van der Waals surface area contributed by atoms with Crippen molar-refractivity contribution in [1.29, 1.82) is 0 Å². The van der Waals surface area contributed by atoms with E-state index in [1.165, 1.54) is 0 Å². The van der Waals surface area contributed by atoms with E-state index in [1.54, 1.807) is 6.07 Å². The lowest BCUT2D eigenvalue weighted by Gasteiger charge is -2.05. The number of aryl methyl sites for hydroxylation is 1. The Morgan fingerprint density at radius 3 is 2.64 bits per heavy atom. The number of aromatic nitrogens is 1. The van der Waals surface area contributed by atoms with Crippen LogP contribution in [-0.2, 0) is 0 Å². The number of nitrogens with two attached hydrogens (primary N) is 1. The lowest BCUT2D eigenvalue weighted by atomic mass is 10.1. The number of pyridine rings is 1. The number of halogens is 1. The van der Waals surface area contributed by atoms with Crippen LogP contribution in [0.4, 0.5) is 0 Å². The zero-order valence-electron chi connectivity index (χ0n) is 6.63. The predicted molar refractivity (Wildman–Crippen MR) is 46.6 cm³/mol. The van der Waals surface area contributed by atoms with E-state index in [4.69, 9.17) is 17.3 Å². The van der Waals surface area contributed by atoms with E-state index in [0.29, 0.717) is 5.15 Å². The second kappa shape index (κ2) is 3.20. The first kappa shape index (κ1) is 8.50. The predicted octanol–water partition coefficient (Wildman–Crippen LogP) is 2.06. The highest BCUT2D eigenvalue weighted by atomic mass is 35.5. The van der Waals surface area contributed by atoms with Crippen LogP contribution in [0.25, 0.3) is 0 Å². The molecule has 0 radical (unpaired) electrons. The number of rotatable bonds is 1. The van der Waals surface area contributed by atoms with Gasteiger partial charge in [0.15, 0.2) is 0 Å². The van der Waals surface area contributed by atoms with Crippen molar-refractivity contribution in [2.24, 2.45) is 5.73 Å². The van der Waals surface area contributed by atoms with Gasteiger partial charge in [0.2, 0.25) is 0 Å². The number of nitrogens with zero attached hydrogens (tertiary/aromatic N) is 1. The average molecular weight is 171 g/mol. The first-order valence-corrected chi connectivity index (χ1v) is 3.87. The molecule has 3 heteroatoms. The van der Waals surface area contributed by atoms with Gasteiger partial charge in [-0.05, 0) is 31.5 Å². The molecule has 0 saturated heterocycles. The maximum atomic E-state index is 5.73. The van der Waals surface area contributed by atoms with Gasteiger partial charge >= 0.3 is 0 Å². The molecule has 0 saturated carbocycles. The van der Waals surface area contributed by atoms with Crippen LogP contribution in [0, 0.1) is 6.92 Å². The fourth-order valence-corrected chi connectivity index (χ4v) is 1.18. The van der Waals surface area contributed by atoms with Gasteiger partial charge in [-0.15, -0.1) is 0 Å². The average Bonchev–Trinajstić information content (AvgIpc) is 1.85. The largest absolute Gasteiger partial charge is 0.324 e. The first-order valence-electron chi connectivity index (χ1n) is 3.49. The van der Waals surface area contributed by atoms with Gasteiger partial charge in [0, 0.05) is 11.7 Å². The zero-order chi connectivity index (χ0) is 8.43. The minimum Gasteiger partial charge on any atom is -0.324 e. The Kier molecular flexibility index (Phi) is 2.47. The van der Waals surface area contributed by atoms with Gasteiger partial charge in [0.05, 0.1) is 0 Å². The van der Waals surface area contributed by atoms with Crippen LogP contribution in [0.2, 0.25) is 5.15 Å². The molecule has 0 fully saturated rings. The van der Waals surface area contributed by atoms with Crippen LogP contribution in [0.5, 0.6) is 0 Å². The van der Waals surface area contributed by atoms with Gasteiger partial charge in [-0.2, -0.15) is 0 Å². The monoisotopic (exact) mass is 170 g/mol. The third-order valence-electron chi connectivity index (χ3n) is 1.47. The summed E-state index contributed by atoms with van der Waals surface area (Å²) in [5.74, 6) is 0. The standard InChI is InChI=1S/C8H11ClN2/c1-5-3-7(6(2)10)4-8(9)11-5/h3-4,6H,10H2,1-2H3/t6-/m0/s1. The highest BCUT2D eigenvalue weighted by Crippen LogP contribution is 2.14. The Hall–Kier alpha value is -0.600. The molecule has 0 unspecified atom stereocenters. The third kappa shape index (κ3) is 2.17. The summed E-state index contributed by atoms with van der Waals surface area (Å²) < 4.78 is 0. The molecule has 1 heterocycles. The molecule has 0 aliphatic heterocycles. The molecule has 60 valence electrons. The van der Waals surface area contributed by atoms with E-state index in [0.717, 1.165) is 11.3 Å². The minimum atomic E-state index is 0.0224. The molecule has 1 aromatic rings. The van der Waals surface area contributed by atoms with Crippen molar-refractivity contribution < 1.29 is 0 Å². The molecule has 0 aromatic carbocycles. The van der Waals surface area contributed by atoms with E-state index in [-0.39, 0.29) is 6.04 Å². The van der Waals surface area contributed by atoms with E-state index in [9.17, 15) is 0 Å². The van der Waals surface area contributed by atoms with Gasteiger partial charge in [0.25, 0.3) is 0 Å². The summed E-state index contributed by atoms with van der Waals surface area (Å²) >= 11 is 5.73. The van der Waals surface area contributed by atoms with E-state index < -0.39 is 0 Å². The molecule has 11 heavy (non-hydrogen) atoms. The van der Waals surface area contributed by atoms with Crippen molar-refractivity contribution in [2.45, 2.75) is 19.9 Å². The fraction of sp³-hybridized carbons (Fsp3) is 0.375. The Labute approximate surface area is 71.4 Å². The third-order valence-corrected chi connectivity index (χ3v) is 1.66. The van der Waals surface area contributed by atoms with Crippen LogP contribution in [-0.4, -0.2) is 4.98 Å². The van der Waals surface area contributed by atoms with Crippen LogP contribution < -0.4 is 5.73 Å². The molecular formula is C8H11ClN2. The van der Waals surface area contributed by atoms with Gasteiger partial charge in [-0.25, -0.2) is 4.98 Å². The Morgan fingerprint density at radius 2 is 2.18 bits per heavy atom. The molecule has 2 N–H and O–H groups in total. The maximum absolute atomic E-state index is 5.73. The van der Waals surface area contributed by atoms with Crippen molar-refractivity contribution in [2.75, 3.05) is 0 Å². The fourth-order valence-electron chi connectivity index (χ4n) is 0.916. The van der Waals surface area contributed by atoms with Crippen LogP contribution in [0.15, 0.2) is 12.1 Å². The summed E-state index contributed by atoms with van der Waals surface area (Å²) in [4.78, 5) is 4.03. The highest BCUT2D eigenvalue weighted by molar-refractivity contribution is 6.29. The summed E-state index contributed by atoms with van der Waals surface area (Å²) in [6.07, 6.45) is 0. The van der Waals surface area contributed by atoms with Crippen molar-refractivity contribution in [3.63, 3.8) is 0 Å². The molecule has 1 rings (SSSR count). The summed E-state index contributed by atoms with van der Waals surface area (Å²) in [7, 11) is 0. The van der Waals surface area contributed by atoms with E-state index in [2.05, 4.69) is 4.98 Å². The summed E-state index contributed by atoms with van der Waals surface area (Å²) in [5, 5.41) is 0.511. The Bertz CT molecular complexity index is 238. The summed E-state index contributed by atoms with van der Waals surface area (Å²) in [6.45, 7) is 3.82. The van der Waals surface area contributed by atoms with E-state index >= 15 is 0 Å². The summed E-state index contributed by atoms with van der Waals surface area (Å²) in [6, 6.07) is 3.75. The van der Waals surface area contributed by atoms with Crippen LogP contribution in [0.1, 0.15) is 24.2 Å². The highest BCUT2D eigenvalue weighted by Gasteiger charge is 2.01. The molecule has 1 atom stereocenters. The Balaban J connectivity index is 3.08. The van der Waals surface area contributed by atoms with Crippen molar-refractivity contribution in [3.8, 4) is 0 Å². The van der Waals surface area contributed by atoms with Gasteiger partial charge < -0.3 is 5.73 Å². The summed E-state index contributed by atoms with van der Waals surface area (Å²) in [5.41, 5.74) is 7.60. The number of hydrogen-bond donors (Lipinski definition) is 1. The zero-order valence-corrected chi connectivity index (χ0v) is 7.39. The lowest BCUT2D eigenvalue weighted by molar-refractivity contribution is 0.813. The molecule has 0 amide bonds. The second-order valence-electron chi connectivity index (χ2n) is 2.65. The quantitative estimate of drug-likeness (QED) is 0.656. The molecule has 0 spiro atoms. The molecule has 0 aliphatic rings. The second-order valence-corrected chi connectivity index (χ2v) is 3.04. The van der Waals surface area contributed by atoms with Gasteiger partial charge in [0.1, 0.15) is 5.15 Å². The van der Waals surface area contributed by atoms with Crippen molar-refractivity contribution in [3.05, 3.63) is 28.5 Å². The molecule has 1 aromatic heterocycles. The van der Waals surface area contributed by atoms with Gasteiger partial charge in [-0.3, -0.25) is 0 Å². The van der Waals surface area contributed by atoms with Crippen LogP contribution in [0.3, 0.4) is 0 Å². The topological polar surface area (TPSA) is 38.9 Å². The molecular weight excluding hydrogens is 160 g/mol. The van der Waals surface area contributed by atoms with E-state index in [1.807, 2.05) is 19.9 Å². The molecule has 0 aliphatic carbocycles. The molecule has 2 nitrogen and oxygen atoms in total. The normalized spacial score (nSPS) is 13.1.